The summed E-state index contributed by atoms with van der Waals surface area (Å²) in [5.74, 6) is 0.305. The molecular weight excluding hydrogens is 432 g/mol. The Kier molecular flexibility index (Phi) is 6.56. The molecule has 7 nitrogen and oxygen atoms in total. The average molecular weight is 453 g/mol. The summed E-state index contributed by atoms with van der Waals surface area (Å²) in [7, 11) is 1.56. The molecule has 2 heterocycles. The molecule has 3 aromatic rings. The van der Waals surface area contributed by atoms with Crippen LogP contribution in [0.3, 0.4) is 0 Å². The summed E-state index contributed by atoms with van der Waals surface area (Å²) in [6.45, 7) is -0.419. The number of hydrogen-bond donors (Lipinski definition) is 0. The van der Waals surface area contributed by atoms with E-state index in [1.807, 2.05) is 12.1 Å². The third kappa shape index (κ3) is 5.00. The predicted molar refractivity (Wildman–Crippen MR) is 119 cm³/mol. The minimum Gasteiger partial charge on any atom is -0.497 e. The highest BCUT2D eigenvalue weighted by atomic mass is 35.5. The van der Waals surface area contributed by atoms with Gasteiger partial charge in [-0.2, -0.15) is 5.10 Å². The molecule has 32 heavy (non-hydrogen) atoms. The number of furan rings is 1. The van der Waals surface area contributed by atoms with Crippen LogP contribution in [0.4, 0.5) is 0 Å². The quantitative estimate of drug-likeness (QED) is 0.496. The van der Waals surface area contributed by atoms with Crippen molar-refractivity contribution < 1.29 is 23.5 Å². The summed E-state index contributed by atoms with van der Waals surface area (Å²) in [5.41, 5.74) is 2.31. The van der Waals surface area contributed by atoms with E-state index in [1.54, 1.807) is 61.9 Å². The number of nitrogens with zero attached hydrogens (tertiary/aromatic N) is 2. The molecule has 0 spiro atoms. The van der Waals surface area contributed by atoms with Crippen LogP contribution >= 0.6 is 11.6 Å². The Morgan fingerprint density at radius 3 is 2.69 bits per heavy atom. The van der Waals surface area contributed by atoms with Gasteiger partial charge in [-0.15, -0.1) is 0 Å². The molecule has 1 unspecified atom stereocenters. The fourth-order valence-corrected chi connectivity index (χ4v) is 3.59. The van der Waals surface area contributed by atoms with Crippen LogP contribution in [0.5, 0.6) is 5.75 Å². The smallest absolute Gasteiger partial charge is 0.310 e. The number of amides is 1. The normalized spacial score (nSPS) is 15.4. The first-order chi connectivity index (χ1) is 15.5. The zero-order chi connectivity index (χ0) is 22.5. The third-order valence-corrected chi connectivity index (χ3v) is 5.31. The molecule has 1 aliphatic heterocycles. The van der Waals surface area contributed by atoms with Gasteiger partial charge in [0.25, 0.3) is 5.91 Å². The zero-order valence-electron chi connectivity index (χ0n) is 17.4. The fraction of sp³-hybridized carbons (Fsp3) is 0.208. The Bertz CT molecular complexity index is 1130. The van der Waals surface area contributed by atoms with Gasteiger partial charge in [-0.05, 0) is 47.5 Å². The van der Waals surface area contributed by atoms with Crippen LogP contribution in [0.25, 0.3) is 0 Å². The van der Waals surface area contributed by atoms with Gasteiger partial charge in [-0.3, -0.25) is 9.59 Å². The van der Waals surface area contributed by atoms with E-state index in [9.17, 15) is 9.59 Å². The number of rotatable bonds is 7. The predicted octanol–water partition coefficient (Wildman–Crippen LogP) is 4.41. The van der Waals surface area contributed by atoms with E-state index in [-0.39, 0.29) is 6.42 Å². The number of hydrazone groups is 1. The number of hydrogen-bond acceptors (Lipinski definition) is 6. The first-order valence-electron chi connectivity index (χ1n) is 10.0. The highest BCUT2D eigenvalue weighted by molar-refractivity contribution is 6.30. The van der Waals surface area contributed by atoms with Gasteiger partial charge in [-0.25, -0.2) is 5.01 Å². The maximum absolute atomic E-state index is 12.9. The summed E-state index contributed by atoms with van der Waals surface area (Å²) >= 11 is 5.98. The number of halogens is 1. The van der Waals surface area contributed by atoms with Gasteiger partial charge in [0.2, 0.25) is 0 Å². The molecule has 1 atom stereocenters. The molecule has 8 heteroatoms. The average Bonchev–Trinajstić information content (AvgIpc) is 3.48. The molecule has 0 radical (unpaired) electrons. The Morgan fingerprint density at radius 1 is 1.16 bits per heavy atom. The van der Waals surface area contributed by atoms with E-state index in [0.29, 0.717) is 23.0 Å². The van der Waals surface area contributed by atoms with Crippen LogP contribution in [0.2, 0.25) is 5.02 Å². The number of benzene rings is 2. The highest BCUT2D eigenvalue weighted by Gasteiger charge is 2.35. The van der Waals surface area contributed by atoms with Gasteiger partial charge in [0.1, 0.15) is 17.6 Å². The third-order valence-electron chi connectivity index (χ3n) is 5.05. The lowest BCUT2D eigenvalue weighted by molar-refractivity contribution is -0.152. The van der Waals surface area contributed by atoms with E-state index >= 15 is 0 Å². The minimum absolute atomic E-state index is 0.0331. The fourth-order valence-electron chi connectivity index (χ4n) is 3.47. The van der Waals surface area contributed by atoms with Crippen molar-refractivity contribution in [3.8, 4) is 5.75 Å². The number of ether oxygens (including phenoxy) is 2. The molecule has 1 aliphatic rings. The minimum atomic E-state index is -0.512. The zero-order valence-corrected chi connectivity index (χ0v) is 18.1. The molecule has 0 saturated heterocycles. The lowest BCUT2D eigenvalue weighted by Gasteiger charge is -2.19. The Labute approximate surface area is 190 Å². The molecule has 2 aromatic carbocycles. The van der Waals surface area contributed by atoms with Crippen LogP contribution in [0.15, 0.2) is 76.4 Å². The van der Waals surface area contributed by atoms with Gasteiger partial charge in [0, 0.05) is 11.4 Å². The van der Waals surface area contributed by atoms with E-state index in [4.69, 9.17) is 25.5 Å². The van der Waals surface area contributed by atoms with Crippen LogP contribution in [0.1, 0.15) is 29.3 Å². The van der Waals surface area contributed by atoms with Gasteiger partial charge in [0.05, 0.1) is 25.5 Å². The van der Waals surface area contributed by atoms with Crippen molar-refractivity contribution in [2.75, 3.05) is 13.7 Å². The monoisotopic (exact) mass is 452 g/mol. The van der Waals surface area contributed by atoms with Crippen molar-refractivity contribution in [2.45, 2.75) is 18.9 Å². The maximum atomic E-state index is 12.9. The van der Waals surface area contributed by atoms with Crippen molar-refractivity contribution in [3.63, 3.8) is 0 Å². The van der Waals surface area contributed by atoms with Gasteiger partial charge in [-0.1, -0.05) is 35.9 Å². The number of carbonyl (C=O) groups excluding carboxylic acids is 2. The summed E-state index contributed by atoms with van der Waals surface area (Å²) in [6.07, 6.45) is 2.05. The van der Waals surface area contributed by atoms with Crippen molar-refractivity contribution in [3.05, 3.63) is 88.8 Å². The van der Waals surface area contributed by atoms with Crippen molar-refractivity contribution >= 4 is 29.2 Å². The topological polar surface area (TPSA) is 81.3 Å². The first-order valence-corrected chi connectivity index (χ1v) is 10.4. The van der Waals surface area contributed by atoms with Crippen LogP contribution in [0, 0.1) is 0 Å². The molecule has 164 valence electrons. The van der Waals surface area contributed by atoms with E-state index in [2.05, 4.69) is 5.10 Å². The molecule has 4 rings (SSSR count). The summed E-state index contributed by atoms with van der Waals surface area (Å²) in [4.78, 5) is 25.2. The Balaban J connectivity index is 1.44. The Morgan fingerprint density at radius 2 is 1.97 bits per heavy atom. The van der Waals surface area contributed by atoms with Crippen molar-refractivity contribution in [2.24, 2.45) is 5.10 Å². The van der Waals surface area contributed by atoms with Gasteiger partial charge >= 0.3 is 5.97 Å². The second-order valence-electron chi connectivity index (χ2n) is 7.22. The molecular formula is C24H21ClN2O5. The second kappa shape index (κ2) is 9.70. The van der Waals surface area contributed by atoms with Crippen LogP contribution in [-0.2, 0) is 20.7 Å². The SMILES string of the molecule is COc1cccc(CC(=O)OCC(=O)N2N=C(c3ccc(Cl)cc3)CC2c2ccco2)c1. The molecule has 0 fully saturated rings. The number of esters is 1. The molecule has 1 amide bonds. The molecule has 0 saturated carbocycles. The number of methoxy groups -OCH3 is 1. The van der Waals surface area contributed by atoms with Crippen LogP contribution in [-0.4, -0.2) is 36.3 Å². The summed E-state index contributed by atoms with van der Waals surface area (Å²) in [6, 6.07) is 17.5. The molecule has 1 aromatic heterocycles. The van der Waals surface area contributed by atoms with Crippen LogP contribution < -0.4 is 4.74 Å². The number of carbonyl (C=O) groups is 2. The van der Waals surface area contributed by atoms with E-state index in [0.717, 1.165) is 16.8 Å². The van der Waals surface area contributed by atoms with E-state index < -0.39 is 24.5 Å². The van der Waals surface area contributed by atoms with Gasteiger partial charge in [0.15, 0.2) is 6.61 Å². The largest absolute Gasteiger partial charge is 0.497 e. The second-order valence-corrected chi connectivity index (χ2v) is 7.65. The maximum Gasteiger partial charge on any atom is 0.310 e. The Hall–Kier alpha value is -3.58. The van der Waals surface area contributed by atoms with Crippen molar-refractivity contribution in [1.82, 2.24) is 5.01 Å². The van der Waals surface area contributed by atoms with Gasteiger partial charge < -0.3 is 13.9 Å². The summed E-state index contributed by atoms with van der Waals surface area (Å²) in [5, 5.41) is 6.44. The summed E-state index contributed by atoms with van der Waals surface area (Å²) < 4.78 is 15.9. The lowest BCUT2D eigenvalue weighted by atomic mass is 10.0. The molecule has 0 aliphatic carbocycles. The highest BCUT2D eigenvalue weighted by Crippen LogP contribution is 2.33. The lowest BCUT2D eigenvalue weighted by Crippen LogP contribution is -2.31. The molecule has 0 bridgehead atoms. The molecule has 0 N–H and O–H groups in total. The standard InChI is InChI=1S/C24H21ClN2O5/c1-30-19-5-2-4-16(12-19)13-24(29)32-15-23(28)27-21(22-6-3-11-31-22)14-20(26-27)17-7-9-18(25)10-8-17/h2-12,21H,13-15H2,1H3. The van der Waals surface area contributed by atoms with E-state index in [1.165, 1.54) is 5.01 Å². The first kappa shape index (κ1) is 21.6. The van der Waals surface area contributed by atoms with Crippen molar-refractivity contribution in [1.29, 1.82) is 0 Å².